The van der Waals surface area contributed by atoms with Crippen molar-refractivity contribution >= 4 is 0 Å². The predicted molar refractivity (Wildman–Crippen MR) is 88.7 cm³/mol. The molecule has 1 heterocycles. The van der Waals surface area contributed by atoms with Crippen LogP contribution in [0.3, 0.4) is 0 Å². The summed E-state index contributed by atoms with van der Waals surface area (Å²) in [5.74, 6) is 0. The minimum atomic E-state index is -1.25. The largest absolute Gasteiger partial charge is 0.374 e. The van der Waals surface area contributed by atoms with Crippen LogP contribution in [-0.2, 0) is 5.60 Å². The van der Waals surface area contributed by atoms with Gasteiger partial charge in [-0.05, 0) is 37.1 Å². The van der Waals surface area contributed by atoms with Crippen LogP contribution in [0.5, 0.6) is 0 Å². The van der Waals surface area contributed by atoms with Gasteiger partial charge in [-0.3, -0.25) is 4.98 Å². The molecule has 0 aliphatic heterocycles. The molecule has 2 aromatic carbocycles. The third-order valence-electron chi connectivity index (χ3n) is 3.87. The highest BCUT2D eigenvalue weighted by Gasteiger charge is 2.35. The van der Waals surface area contributed by atoms with Crippen molar-refractivity contribution in [2.24, 2.45) is 0 Å². The van der Waals surface area contributed by atoms with Gasteiger partial charge in [0.05, 0.1) is 5.69 Å². The van der Waals surface area contributed by atoms with Crippen molar-refractivity contribution < 1.29 is 5.11 Å². The molecule has 0 aliphatic carbocycles. The van der Waals surface area contributed by atoms with Gasteiger partial charge in [0.2, 0.25) is 0 Å². The highest BCUT2D eigenvalue weighted by molar-refractivity contribution is 5.46. The van der Waals surface area contributed by atoms with E-state index in [1.54, 1.807) is 6.20 Å². The fraction of sp³-hybridized carbons (Fsp3) is 0.150. The minimum Gasteiger partial charge on any atom is -0.374 e. The van der Waals surface area contributed by atoms with Crippen molar-refractivity contribution in [2.75, 3.05) is 0 Å². The quantitative estimate of drug-likeness (QED) is 0.791. The summed E-state index contributed by atoms with van der Waals surface area (Å²) in [5, 5.41) is 11.6. The molecule has 0 spiro atoms. The first-order valence-electron chi connectivity index (χ1n) is 7.39. The van der Waals surface area contributed by atoms with Gasteiger partial charge in [0.15, 0.2) is 5.60 Å². The molecule has 0 saturated heterocycles. The molecule has 2 nitrogen and oxygen atoms in total. The molecule has 0 aliphatic rings. The van der Waals surface area contributed by atoms with Crippen molar-refractivity contribution in [3.8, 4) is 0 Å². The Balaban J connectivity index is 2.28. The lowest BCUT2D eigenvalue weighted by atomic mass is 9.82. The summed E-state index contributed by atoms with van der Waals surface area (Å²) in [5.41, 5.74) is 3.29. The number of pyridine rings is 1. The van der Waals surface area contributed by atoms with E-state index < -0.39 is 5.60 Å². The molecule has 22 heavy (non-hydrogen) atoms. The average molecular weight is 289 g/mol. The Morgan fingerprint density at radius 2 is 1.41 bits per heavy atom. The number of aromatic nitrogens is 1. The molecule has 1 unspecified atom stereocenters. The summed E-state index contributed by atoms with van der Waals surface area (Å²) in [6, 6.07) is 21.5. The second-order valence-corrected chi connectivity index (χ2v) is 5.67. The summed E-state index contributed by atoms with van der Waals surface area (Å²) in [6.07, 6.45) is 1.71. The number of aryl methyl sites for hydroxylation is 2. The fourth-order valence-corrected chi connectivity index (χ4v) is 2.90. The predicted octanol–water partition coefficient (Wildman–Crippen LogP) is 3.98. The highest BCUT2D eigenvalue weighted by atomic mass is 16.3. The lowest BCUT2D eigenvalue weighted by molar-refractivity contribution is 0.120. The van der Waals surface area contributed by atoms with Crippen LogP contribution < -0.4 is 0 Å². The second-order valence-electron chi connectivity index (χ2n) is 5.67. The smallest absolute Gasteiger partial charge is 0.157 e. The van der Waals surface area contributed by atoms with E-state index in [-0.39, 0.29) is 0 Å². The summed E-state index contributed by atoms with van der Waals surface area (Å²) in [4.78, 5) is 4.41. The Labute approximate surface area is 131 Å². The number of aliphatic hydroxyl groups is 1. The molecule has 0 fully saturated rings. The topological polar surface area (TPSA) is 33.1 Å². The Kier molecular flexibility index (Phi) is 3.78. The van der Waals surface area contributed by atoms with E-state index in [2.05, 4.69) is 11.1 Å². The van der Waals surface area contributed by atoms with E-state index in [4.69, 9.17) is 0 Å². The zero-order valence-electron chi connectivity index (χ0n) is 12.8. The van der Waals surface area contributed by atoms with Crippen LogP contribution >= 0.6 is 0 Å². The highest BCUT2D eigenvalue weighted by Crippen LogP contribution is 2.36. The van der Waals surface area contributed by atoms with Gasteiger partial charge in [-0.15, -0.1) is 0 Å². The third kappa shape index (κ3) is 2.53. The molecule has 1 N–H and O–H groups in total. The van der Waals surface area contributed by atoms with Crippen LogP contribution in [0, 0.1) is 13.8 Å². The zero-order chi connectivity index (χ0) is 15.6. The Morgan fingerprint density at radius 1 is 0.773 bits per heavy atom. The minimum absolute atomic E-state index is 0.631. The van der Waals surface area contributed by atoms with Gasteiger partial charge in [0.25, 0.3) is 0 Å². The average Bonchev–Trinajstić information content (AvgIpc) is 2.55. The summed E-state index contributed by atoms with van der Waals surface area (Å²) >= 11 is 0. The van der Waals surface area contributed by atoms with E-state index >= 15 is 0 Å². The molecular formula is C20H19NO. The molecule has 3 aromatic rings. The molecular weight excluding hydrogens is 270 g/mol. The molecule has 1 aromatic heterocycles. The maximum Gasteiger partial charge on any atom is 0.157 e. The van der Waals surface area contributed by atoms with Crippen molar-refractivity contribution in [1.82, 2.24) is 4.98 Å². The summed E-state index contributed by atoms with van der Waals surface area (Å²) in [6.45, 7) is 4.08. The number of hydrogen-bond acceptors (Lipinski definition) is 2. The SMILES string of the molecule is Cc1cc(C)cc(C(O)(c2ccccc2)c2ccccn2)c1. The summed E-state index contributed by atoms with van der Waals surface area (Å²) < 4.78 is 0. The first-order valence-corrected chi connectivity index (χ1v) is 7.39. The molecule has 110 valence electrons. The number of hydrogen-bond donors (Lipinski definition) is 1. The molecule has 0 radical (unpaired) electrons. The maximum absolute atomic E-state index is 11.6. The van der Waals surface area contributed by atoms with Gasteiger partial charge < -0.3 is 5.11 Å². The first-order chi connectivity index (χ1) is 10.6. The standard InChI is InChI=1S/C20H19NO/c1-15-12-16(2)14-18(13-15)20(22,17-8-4-3-5-9-17)19-10-6-7-11-21-19/h3-14,22H,1-2H3. The van der Waals surface area contributed by atoms with E-state index in [0.29, 0.717) is 5.69 Å². The van der Waals surface area contributed by atoms with Crippen molar-refractivity contribution in [3.05, 3.63) is 101 Å². The van der Waals surface area contributed by atoms with E-state index in [1.165, 1.54) is 0 Å². The monoisotopic (exact) mass is 289 g/mol. The lowest BCUT2D eigenvalue weighted by Crippen LogP contribution is -2.30. The molecule has 3 rings (SSSR count). The number of nitrogens with zero attached hydrogens (tertiary/aromatic N) is 1. The molecule has 0 saturated carbocycles. The summed E-state index contributed by atoms with van der Waals surface area (Å²) in [7, 11) is 0. The van der Waals surface area contributed by atoms with Gasteiger partial charge in [-0.2, -0.15) is 0 Å². The van der Waals surface area contributed by atoms with Gasteiger partial charge >= 0.3 is 0 Å². The zero-order valence-corrected chi connectivity index (χ0v) is 12.8. The van der Waals surface area contributed by atoms with Crippen molar-refractivity contribution in [2.45, 2.75) is 19.4 Å². The van der Waals surface area contributed by atoms with E-state index in [0.717, 1.165) is 22.3 Å². The molecule has 1 atom stereocenters. The van der Waals surface area contributed by atoms with Gasteiger partial charge in [-0.1, -0.05) is 65.7 Å². The molecule has 0 bridgehead atoms. The Morgan fingerprint density at radius 3 is 2.00 bits per heavy atom. The Hall–Kier alpha value is -2.45. The fourth-order valence-electron chi connectivity index (χ4n) is 2.90. The lowest BCUT2D eigenvalue weighted by Gasteiger charge is -2.29. The van der Waals surface area contributed by atoms with Crippen LogP contribution in [0.15, 0.2) is 72.9 Å². The first kappa shape index (κ1) is 14.5. The van der Waals surface area contributed by atoms with Crippen LogP contribution in [0.1, 0.15) is 27.9 Å². The van der Waals surface area contributed by atoms with Gasteiger partial charge in [0.1, 0.15) is 0 Å². The third-order valence-corrected chi connectivity index (χ3v) is 3.87. The van der Waals surface area contributed by atoms with Crippen LogP contribution in [-0.4, -0.2) is 10.1 Å². The Bertz CT molecular complexity index is 706. The van der Waals surface area contributed by atoms with Crippen LogP contribution in [0.2, 0.25) is 0 Å². The van der Waals surface area contributed by atoms with Crippen LogP contribution in [0.25, 0.3) is 0 Å². The van der Waals surface area contributed by atoms with Gasteiger partial charge in [-0.25, -0.2) is 0 Å². The molecule has 0 amide bonds. The second kappa shape index (κ2) is 5.74. The molecule has 2 heteroatoms. The van der Waals surface area contributed by atoms with E-state index in [1.807, 2.05) is 74.5 Å². The normalized spacial score (nSPS) is 13.6. The van der Waals surface area contributed by atoms with Crippen LogP contribution in [0.4, 0.5) is 0 Å². The van der Waals surface area contributed by atoms with Crippen molar-refractivity contribution in [1.29, 1.82) is 0 Å². The van der Waals surface area contributed by atoms with Crippen molar-refractivity contribution in [3.63, 3.8) is 0 Å². The van der Waals surface area contributed by atoms with Gasteiger partial charge in [0, 0.05) is 6.20 Å². The number of rotatable bonds is 3. The van der Waals surface area contributed by atoms with E-state index in [9.17, 15) is 5.11 Å². The number of benzene rings is 2. The maximum atomic E-state index is 11.6.